The smallest absolute Gasteiger partial charge is 0.279 e. The quantitative estimate of drug-likeness (QED) is 0.559. The number of sulfonamides is 1. The average Bonchev–Trinajstić information content (AvgIpc) is 3.43. The Morgan fingerprint density at radius 1 is 1.07 bits per heavy atom. The minimum atomic E-state index is -3.87. The van der Waals surface area contributed by atoms with Gasteiger partial charge < -0.3 is 9.47 Å². The van der Waals surface area contributed by atoms with E-state index in [4.69, 9.17) is 9.47 Å². The predicted octanol–water partition coefficient (Wildman–Crippen LogP) is 4.61. The number of thiophene rings is 1. The topological polar surface area (TPSA) is 68.2 Å². The van der Waals surface area contributed by atoms with Gasteiger partial charge in [-0.1, -0.05) is 29.8 Å². The molecular formula is C22H22N2O4S2. The van der Waals surface area contributed by atoms with Crippen molar-refractivity contribution in [1.29, 1.82) is 0 Å². The van der Waals surface area contributed by atoms with E-state index in [0.29, 0.717) is 23.5 Å². The Balaban J connectivity index is 1.85. The minimum absolute atomic E-state index is 0.204. The van der Waals surface area contributed by atoms with Gasteiger partial charge in [-0.15, -0.1) is 0 Å². The molecule has 156 valence electrons. The van der Waals surface area contributed by atoms with E-state index in [-0.39, 0.29) is 4.90 Å². The Morgan fingerprint density at radius 3 is 2.47 bits per heavy atom. The van der Waals surface area contributed by atoms with Crippen molar-refractivity contribution in [2.75, 3.05) is 14.2 Å². The molecule has 0 radical (unpaired) electrons. The molecule has 0 bridgehead atoms. The van der Waals surface area contributed by atoms with Crippen LogP contribution in [0.2, 0.25) is 0 Å². The molecule has 30 heavy (non-hydrogen) atoms. The second kappa shape index (κ2) is 8.12. The highest BCUT2D eigenvalue weighted by atomic mass is 32.2. The third-order valence-electron chi connectivity index (χ3n) is 5.08. The van der Waals surface area contributed by atoms with E-state index in [2.05, 4.69) is 5.10 Å². The van der Waals surface area contributed by atoms with E-state index in [0.717, 1.165) is 16.8 Å². The van der Waals surface area contributed by atoms with Crippen molar-refractivity contribution in [1.82, 2.24) is 4.41 Å². The summed E-state index contributed by atoms with van der Waals surface area (Å²) in [6.07, 6.45) is 0.436. The van der Waals surface area contributed by atoms with Gasteiger partial charge in [0.1, 0.15) is 0 Å². The zero-order valence-electron chi connectivity index (χ0n) is 16.9. The maximum absolute atomic E-state index is 13.5. The number of nitrogens with zero attached hydrogens (tertiary/aromatic N) is 2. The summed E-state index contributed by atoms with van der Waals surface area (Å²) in [4.78, 5) is 0.204. The van der Waals surface area contributed by atoms with Crippen molar-refractivity contribution in [3.63, 3.8) is 0 Å². The van der Waals surface area contributed by atoms with Crippen molar-refractivity contribution < 1.29 is 17.9 Å². The molecule has 0 fully saturated rings. The maximum Gasteiger partial charge on any atom is 0.279 e. The van der Waals surface area contributed by atoms with Gasteiger partial charge in [0.15, 0.2) is 11.5 Å². The molecule has 1 aliphatic rings. The molecule has 0 unspecified atom stereocenters. The molecule has 2 heterocycles. The first-order chi connectivity index (χ1) is 14.5. The number of hydrogen-bond acceptors (Lipinski definition) is 6. The number of benzene rings is 2. The molecule has 0 aliphatic carbocycles. The first-order valence-electron chi connectivity index (χ1n) is 9.37. The molecule has 4 rings (SSSR count). The number of rotatable bonds is 6. The van der Waals surface area contributed by atoms with Crippen LogP contribution >= 0.6 is 11.3 Å². The molecule has 6 nitrogen and oxygen atoms in total. The molecule has 3 aromatic rings. The van der Waals surface area contributed by atoms with Gasteiger partial charge in [-0.25, -0.2) is 0 Å². The third kappa shape index (κ3) is 3.57. The van der Waals surface area contributed by atoms with E-state index >= 15 is 0 Å². The molecule has 0 N–H and O–H groups in total. The SMILES string of the molecule is COc1cccc([C@H]2CC(c3ccsc3)=NN2S(=O)(=O)c2ccc(C)cc2)c1OC. The zero-order valence-corrected chi connectivity index (χ0v) is 18.5. The van der Waals surface area contributed by atoms with Crippen molar-refractivity contribution in [2.24, 2.45) is 5.10 Å². The number of hydrazone groups is 1. The lowest BCUT2D eigenvalue weighted by Gasteiger charge is -2.25. The van der Waals surface area contributed by atoms with Crippen molar-refractivity contribution in [3.05, 3.63) is 76.0 Å². The Kier molecular flexibility index (Phi) is 5.53. The number of para-hydroxylation sites is 1. The van der Waals surface area contributed by atoms with Crippen LogP contribution in [0.25, 0.3) is 0 Å². The highest BCUT2D eigenvalue weighted by Gasteiger charge is 2.39. The molecule has 0 spiro atoms. The van der Waals surface area contributed by atoms with Crippen LogP contribution in [0.15, 0.2) is 69.3 Å². The summed E-state index contributed by atoms with van der Waals surface area (Å²) in [6.45, 7) is 1.92. The highest BCUT2D eigenvalue weighted by Crippen LogP contribution is 2.43. The van der Waals surface area contributed by atoms with Crippen LogP contribution in [0.1, 0.15) is 29.2 Å². The lowest BCUT2D eigenvalue weighted by Crippen LogP contribution is -2.27. The Hall–Kier alpha value is -2.84. The summed E-state index contributed by atoms with van der Waals surface area (Å²) in [5.74, 6) is 1.06. The fourth-order valence-electron chi connectivity index (χ4n) is 3.54. The normalized spacial score (nSPS) is 16.4. The van der Waals surface area contributed by atoms with Crippen LogP contribution in [0.4, 0.5) is 0 Å². The molecule has 1 aliphatic heterocycles. The predicted molar refractivity (Wildman–Crippen MR) is 118 cm³/mol. The van der Waals surface area contributed by atoms with Gasteiger partial charge in [0.05, 0.1) is 30.9 Å². The van der Waals surface area contributed by atoms with Crippen LogP contribution in [0.3, 0.4) is 0 Å². The standard InChI is InChI=1S/C22H22N2O4S2/c1-15-7-9-17(10-8-15)30(25,26)24-20(13-19(23-24)16-11-12-29-14-16)18-5-4-6-21(27-2)22(18)28-3/h4-12,14,20H,13H2,1-3H3/t20-/m1/s1. The van der Waals surface area contributed by atoms with Gasteiger partial charge in [0.2, 0.25) is 0 Å². The molecule has 0 amide bonds. The molecule has 0 saturated heterocycles. The summed E-state index contributed by atoms with van der Waals surface area (Å²) in [6, 6.07) is 13.7. The lowest BCUT2D eigenvalue weighted by molar-refractivity contribution is 0.328. The third-order valence-corrected chi connectivity index (χ3v) is 7.46. The molecule has 0 saturated carbocycles. The number of ether oxygens (including phenoxy) is 2. The van der Waals surface area contributed by atoms with Crippen LogP contribution in [0.5, 0.6) is 11.5 Å². The van der Waals surface area contributed by atoms with Gasteiger partial charge in [-0.2, -0.15) is 29.3 Å². The van der Waals surface area contributed by atoms with Gasteiger partial charge in [-0.3, -0.25) is 0 Å². The summed E-state index contributed by atoms with van der Waals surface area (Å²) in [5.41, 5.74) is 3.35. The zero-order chi connectivity index (χ0) is 21.3. The van der Waals surface area contributed by atoms with Gasteiger partial charge >= 0.3 is 0 Å². The van der Waals surface area contributed by atoms with Crippen LogP contribution in [0, 0.1) is 6.92 Å². The molecule has 2 aromatic carbocycles. The summed E-state index contributed by atoms with van der Waals surface area (Å²) in [7, 11) is -0.757. The van der Waals surface area contributed by atoms with Crippen molar-refractivity contribution in [3.8, 4) is 11.5 Å². The summed E-state index contributed by atoms with van der Waals surface area (Å²) < 4.78 is 39.3. The largest absolute Gasteiger partial charge is 0.493 e. The van der Waals surface area contributed by atoms with E-state index in [1.807, 2.05) is 35.9 Å². The van der Waals surface area contributed by atoms with Crippen molar-refractivity contribution >= 4 is 27.1 Å². The summed E-state index contributed by atoms with van der Waals surface area (Å²) >= 11 is 1.55. The first-order valence-corrected chi connectivity index (χ1v) is 11.8. The monoisotopic (exact) mass is 442 g/mol. The number of hydrogen-bond donors (Lipinski definition) is 0. The number of methoxy groups -OCH3 is 2. The van der Waals surface area contributed by atoms with E-state index in [1.54, 1.807) is 55.9 Å². The molecular weight excluding hydrogens is 420 g/mol. The van der Waals surface area contributed by atoms with Crippen LogP contribution in [-0.4, -0.2) is 32.8 Å². The minimum Gasteiger partial charge on any atom is -0.493 e. The van der Waals surface area contributed by atoms with E-state index in [9.17, 15) is 8.42 Å². The fourth-order valence-corrected chi connectivity index (χ4v) is 5.63. The molecule has 1 aromatic heterocycles. The van der Waals surface area contributed by atoms with Gasteiger partial charge in [0.25, 0.3) is 10.0 Å². The first kappa shape index (κ1) is 20.4. The molecule has 8 heteroatoms. The van der Waals surface area contributed by atoms with Crippen LogP contribution in [-0.2, 0) is 10.0 Å². The summed E-state index contributed by atoms with van der Waals surface area (Å²) in [5, 5.41) is 8.49. The number of aryl methyl sites for hydroxylation is 1. The Bertz CT molecular complexity index is 1170. The van der Waals surface area contributed by atoms with Crippen LogP contribution < -0.4 is 9.47 Å². The average molecular weight is 443 g/mol. The van der Waals surface area contributed by atoms with E-state index < -0.39 is 16.1 Å². The fraction of sp³-hybridized carbons (Fsp3) is 0.227. The second-order valence-corrected chi connectivity index (χ2v) is 9.53. The molecule has 1 atom stereocenters. The van der Waals surface area contributed by atoms with Gasteiger partial charge in [0, 0.05) is 17.5 Å². The van der Waals surface area contributed by atoms with Gasteiger partial charge in [-0.05, 0) is 41.9 Å². The second-order valence-electron chi connectivity index (χ2n) is 6.95. The Morgan fingerprint density at radius 2 is 1.83 bits per heavy atom. The lowest BCUT2D eigenvalue weighted by atomic mass is 9.99. The highest BCUT2D eigenvalue weighted by molar-refractivity contribution is 7.89. The Labute approximate surface area is 180 Å². The van der Waals surface area contributed by atoms with Crippen molar-refractivity contribution in [2.45, 2.75) is 24.3 Å². The maximum atomic E-state index is 13.5. The van der Waals surface area contributed by atoms with E-state index in [1.165, 1.54) is 4.41 Å².